The van der Waals surface area contributed by atoms with Crippen molar-refractivity contribution in [2.45, 2.75) is 25.0 Å². The Balaban J connectivity index is 2.13. The Morgan fingerprint density at radius 1 is 1.25 bits per heavy atom. The first kappa shape index (κ1) is 8.66. The molecule has 3 N–H and O–H groups in total. The Morgan fingerprint density at radius 3 is 2.25 bits per heavy atom. The molecule has 70 valence electrons. The summed E-state index contributed by atoms with van der Waals surface area (Å²) < 4.78 is 11.3. The summed E-state index contributed by atoms with van der Waals surface area (Å²) in [4.78, 5) is 0. The van der Waals surface area contributed by atoms with Crippen molar-refractivity contribution in [1.29, 1.82) is 0 Å². The zero-order chi connectivity index (χ0) is 8.72. The molecule has 2 fully saturated rings. The molecule has 2 rings (SSSR count). The Morgan fingerprint density at radius 2 is 1.75 bits per heavy atom. The van der Waals surface area contributed by atoms with Gasteiger partial charge in [-0.1, -0.05) is 0 Å². The van der Waals surface area contributed by atoms with E-state index in [4.69, 9.17) is 5.73 Å². The molecule has 4 heteroatoms. The van der Waals surface area contributed by atoms with E-state index in [0.29, 0.717) is 11.5 Å². The van der Waals surface area contributed by atoms with Gasteiger partial charge in [0.1, 0.15) is 0 Å². The molecular weight excluding hydrogens is 174 g/mol. The zero-order valence-corrected chi connectivity index (χ0v) is 7.80. The number of aliphatic hydroxyl groups is 1. The molecule has 1 aliphatic carbocycles. The van der Waals surface area contributed by atoms with Crippen LogP contribution >= 0.6 is 0 Å². The van der Waals surface area contributed by atoms with Crippen LogP contribution < -0.4 is 5.73 Å². The van der Waals surface area contributed by atoms with Crippen LogP contribution in [0.5, 0.6) is 0 Å². The predicted molar refractivity (Wildman–Crippen MR) is 48.1 cm³/mol. The van der Waals surface area contributed by atoms with E-state index < -0.39 is 10.8 Å². The van der Waals surface area contributed by atoms with Crippen molar-refractivity contribution in [3.63, 3.8) is 0 Å². The molecule has 0 aromatic heterocycles. The van der Waals surface area contributed by atoms with Crippen LogP contribution in [-0.2, 0) is 10.8 Å². The van der Waals surface area contributed by atoms with Gasteiger partial charge in [-0.05, 0) is 24.7 Å². The molecule has 0 aromatic rings. The topological polar surface area (TPSA) is 63.3 Å². The molecule has 5 atom stereocenters. The lowest BCUT2D eigenvalue weighted by atomic mass is 9.78. The number of rotatable bonds is 0. The van der Waals surface area contributed by atoms with Crippen molar-refractivity contribution in [2.24, 2.45) is 17.6 Å². The number of aliphatic hydroxyl groups excluding tert-OH is 1. The van der Waals surface area contributed by atoms with Crippen LogP contribution in [0, 0.1) is 11.8 Å². The molecule has 2 bridgehead atoms. The molecule has 0 radical (unpaired) electrons. The van der Waals surface area contributed by atoms with Gasteiger partial charge in [0.15, 0.2) is 0 Å². The minimum atomic E-state index is -0.700. The summed E-state index contributed by atoms with van der Waals surface area (Å²) in [5.41, 5.74) is 5.82. The van der Waals surface area contributed by atoms with Crippen LogP contribution in [0.4, 0.5) is 0 Å². The van der Waals surface area contributed by atoms with Gasteiger partial charge in [-0.2, -0.15) is 0 Å². The molecule has 1 heterocycles. The van der Waals surface area contributed by atoms with Crippen LogP contribution in [0.3, 0.4) is 0 Å². The highest BCUT2D eigenvalue weighted by molar-refractivity contribution is 7.85. The van der Waals surface area contributed by atoms with Crippen LogP contribution in [-0.4, -0.2) is 33.0 Å². The summed E-state index contributed by atoms with van der Waals surface area (Å²) >= 11 is 0. The van der Waals surface area contributed by atoms with Gasteiger partial charge in [-0.15, -0.1) is 0 Å². The van der Waals surface area contributed by atoms with E-state index in [1.54, 1.807) is 0 Å². The van der Waals surface area contributed by atoms with Gasteiger partial charge in [-0.3, -0.25) is 4.21 Å². The first-order valence-corrected chi connectivity index (χ1v) is 5.94. The largest absolute Gasteiger partial charge is 0.392 e. The lowest BCUT2D eigenvalue weighted by molar-refractivity contribution is 0.0243. The first-order valence-electron chi connectivity index (χ1n) is 4.45. The van der Waals surface area contributed by atoms with Crippen molar-refractivity contribution in [3.8, 4) is 0 Å². The van der Waals surface area contributed by atoms with E-state index in [0.717, 1.165) is 12.8 Å². The standard InChI is InChI=1S/C8H15NO2S/c9-7-1-5-3-12(11)4-6(2-7)8(5)10/h5-8,10H,1-4,9H2/t5-,6+,7?,8?,12?. The minimum Gasteiger partial charge on any atom is -0.392 e. The van der Waals surface area contributed by atoms with Crippen LogP contribution in [0.15, 0.2) is 0 Å². The van der Waals surface area contributed by atoms with Crippen molar-refractivity contribution in [1.82, 2.24) is 0 Å². The molecule has 3 nitrogen and oxygen atoms in total. The summed E-state index contributed by atoms with van der Waals surface area (Å²) in [7, 11) is -0.700. The zero-order valence-electron chi connectivity index (χ0n) is 6.98. The fraction of sp³-hybridized carbons (Fsp3) is 1.00. The van der Waals surface area contributed by atoms with Crippen molar-refractivity contribution in [2.75, 3.05) is 11.5 Å². The van der Waals surface area contributed by atoms with E-state index >= 15 is 0 Å². The molecule has 0 amide bonds. The molecule has 1 saturated heterocycles. The Bertz CT molecular complexity index is 191. The maximum atomic E-state index is 11.3. The number of hydrogen-bond donors (Lipinski definition) is 2. The van der Waals surface area contributed by atoms with Crippen molar-refractivity contribution >= 4 is 10.8 Å². The van der Waals surface area contributed by atoms with E-state index in [9.17, 15) is 9.32 Å². The number of hydrogen-bond acceptors (Lipinski definition) is 3. The third-order valence-electron chi connectivity index (χ3n) is 2.98. The summed E-state index contributed by atoms with van der Waals surface area (Å²) in [6.07, 6.45) is 1.47. The molecule has 1 aliphatic heterocycles. The maximum absolute atomic E-state index is 11.3. The maximum Gasteiger partial charge on any atom is 0.0615 e. The Hall–Kier alpha value is 0.0700. The molecule has 2 aliphatic rings. The lowest BCUT2D eigenvalue weighted by Crippen LogP contribution is -2.50. The Labute approximate surface area is 74.8 Å². The van der Waals surface area contributed by atoms with E-state index in [1.165, 1.54) is 0 Å². The molecule has 3 unspecified atom stereocenters. The summed E-state index contributed by atoms with van der Waals surface area (Å²) in [5.74, 6) is 1.72. The normalized spacial score (nSPS) is 53.7. The highest BCUT2D eigenvalue weighted by Gasteiger charge is 2.40. The molecule has 0 aromatic carbocycles. The first-order chi connectivity index (χ1) is 5.66. The summed E-state index contributed by atoms with van der Waals surface area (Å²) in [6.45, 7) is 0. The van der Waals surface area contributed by atoms with Gasteiger partial charge in [-0.25, -0.2) is 0 Å². The van der Waals surface area contributed by atoms with Crippen LogP contribution in [0.1, 0.15) is 12.8 Å². The SMILES string of the molecule is NC1C[C@@H]2CS(=O)C[C@H](C1)C2O. The average molecular weight is 189 g/mol. The second-order valence-electron chi connectivity index (χ2n) is 4.02. The lowest BCUT2D eigenvalue weighted by Gasteiger charge is -2.41. The summed E-state index contributed by atoms with van der Waals surface area (Å²) in [5, 5.41) is 9.73. The number of nitrogens with two attached hydrogens (primary N) is 1. The second-order valence-corrected chi connectivity index (χ2v) is 5.56. The highest BCUT2D eigenvalue weighted by Crippen LogP contribution is 2.34. The van der Waals surface area contributed by atoms with Crippen molar-refractivity contribution in [3.05, 3.63) is 0 Å². The third-order valence-corrected chi connectivity index (χ3v) is 4.58. The van der Waals surface area contributed by atoms with E-state index in [2.05, 4.69) is 0 Å². The van der Waals surface area contributed by atoms with E-state index in [-0.39, 0.29) is 24.0 Å². The molecule has 1 saturated carbocycles. The fourth-order valence-electron chi connectivity index (χ4n) is 2.42. The second kappa shape index (κ2) is 3.09. The van der Waals surface area contributed by atoms with Crippen LogP contribution in [0.2, 0.25) is 0 Å². The third kappa shape index (κ3) is 1.43. The van der Waals surface area contributed by atoms with Gasteiger partial charge in [0.2, 0.25) is 0 Å². The Kier molecular flexibility index (Phi) is 2.23. The highest BCUT2D eigenvalue weighted by atomic mass is 32.2. The smallest absolute Gasteiger partial charge is 0.0615 e. The van der Waals surface area contributed by atoms with Gasteiger partial charge in [0, 0.05) is 28.3 Å². The quantitative estimate of drug-likeness (QED) is 0.538. The minimum absolute atomic E-state index is 0.202. The summed E-state index contributed by atoms with van der Waals surface area (Å²) in [6, 6.07) is 0.223. The van der Waals surface area contributed by atoms with Crippen molar-refractivity contribution < 1.29 is 9.32 Å². The molecule has 12 heavy (non-hydrogen) atoms. The van der Waals surface area contributed by atoms with E-state index in [1.807, 2.05) is 0 Å². The number of fused-ring (bicyclic) bond motifs is 2. The average Bonchev–Trinajstić information content (AvgIpc) is 1.94. The fourth-order valence-corrected chi connectivity index (χ4v) is 4.17. The van der Waals surface area contributed by atoms with Gasteiger partial charge >= 0.3 is 0 Å². The van der Waals surface area contributed by atoms with Gasteiger partial charge in [0.25, 0.3) is 0 Å². The predicted octanol–water partition coefficient (Wildman–Crippen LogP) is -0.537. The van der Waals surface area contributed by atoms with Crippen LogP contribution in [0.25, 0.3) is 0 Å². The van der Waals surface area contributed by atoms with Gasteiger partial charge < -0.3 is 10.8 Å². The molecule has 0 spiro atoms. The molecular formula is C8H15NO2S. The van der Waals surface area contributed by atoms with Gasteiger partial charge in [0.05, 0.1) is 6.10 Å². The monoisotopic (exact) mass is 189 g/mol.